The summed E-state index contributed by atoms with van der Waals surface area (Å²) < 4.78 is 39.0. The van der Waals surface area contributed by atoms with E-state index in [2.05, 4.69) is 25.0 Å². The van der Waals surface area contributed by atoms with Crippen LogP contribution in [0.15, 0.2) is 64.4 Å². The molecular formula is C19H14Li2N4O6S2. The molecule has 0 amide bonds. The van der Waals surface area contributed by atoms with E-state index < -0.39 is 15.0 Å². The second kappa shape index (κ2) is 13.0. The molecule has 0 aliphatic heterocycles. The average molecular weight is 472 g/mol. The van der Waals surface area contributed by atoms with Gasteiger partial charge in [-0.2, -0.15) is 9.60 Å². The van der Waals surface area contributed by atoms with Gasteiger partial charge in [-0.25, -0.2) is 13.4 Å². The molecule has 1 heterocycles. The van der Waals surface area contributed by atoms with Crippen molar-refractivity contribution in [2.75, 3.05) is 10.6 Å². The maximum atomic E-state index is 11.6. The molecule has 3 aromatic rings. The number of pyridine rings is 1. The first-order valence-electron chi connectivity index (χ1n) is 8.56. The fraction of sp³-hybridized carbons (Fsp3) is 0.0526. The van der Waals surface area contributed by atoms with E-state index in [1.54, 1.807) is 43.3 Å². The Hall–Kier alpha value is -1.99. The molecule has 0 unspecified atom stereocenters. The summed E-state index contributed by atoms with van der Waals surface area (Å²) in [6, 6.07) is 16.0. The molecule has 33 heavy (non-hydrogen) atoms. The minimum absolute atomic E-state index is 0. The van der Waals surface area contributed by atoms with Crippen molar-refractivity contribution in [2.24, 2.45) is 0 Å². The van der Waals surface area contributed by atoms with Crippen molar-refractivity contribution in [2.45, 2.75) is 16.7 Å². The summed E-state index contributed by atoms with van der Waals surface area (Å²) in [4.78, 5) is 4.42. The Morgan fingerprint density at radius 1 is 1.06 bits per heavy atom. The van der Waals surface area contributed by atoms with Gasteiger partial charge in [0.25, 0.3) is 0 Å². The van der Waals surface area contributed by atoms with Gasteiger partial charge in [-0.15, -0.1) is 0 Å². The van der Waals surface area contributed by atoms with Crippen LogP contribution in [0.1, 0.15) is 11.1 Å². The number of hydrogen-bond donors (Lipinski definition) is 2. The third kappa shape index (κ3) is 7.51. The molecule has 2 aromatic carbocycles. The molecule has 0 spiro atoms. The molecule has 0 aliphatic rings. The Kier molecular flexibility index (Phi) is 11.5. The van der Waals surface area contributed by atoms with Crippen LogP contribution in [0.25, 0.3) is 0 Å². The van der Waals surface area contributed by atoms with Crippen molar-refractivity contribution in [3.63, 3.8) is 0 Å². The second-order valence-corrected chi connectivity index (χ2v) is 8.17. The van der Waals surface area contributed by atoms with E-state index in [1.165, 1.54) is 12.1 Å². The van der Waals surface area contributed by atoms with Crippen LogP contribution in [-0.2, 0) is 19.5 Å². The molecule has 0 fully saturated rings. The fourth-order valence-electron chi connectivity index (χ4n) is 2.71. The van der Waals surface area contributed by atoms with Crippen molar-refractivity contribution in [1.29, 1.82) is 5.26 Å². The van der Waals surface area contributed by atoms with E-state index >= 15 is 0 Å². The average Bonchev–Trinajstić information content (AvgIpc) is 2.73. The summed E-state index contributed by atoms with van der Waals surface area (Å²) >= 11 is 0.695. The van der Waals surface area contributed by atoms with E-state index in [9.17, 15) is 23.5 Å². The molecule has 14 heteroatoms. The van der Waals surface area contributed by atoms with Gasteiger partial charge in [0.15, 0.2) is 5.82 Å². The topological polar surface area (TPSA) is 159 Å². The number of para-hydroxylation sites is 2. The number of nitrogens with one attached hydrogen (secondary N) is 2. The van der Waals surface area contributed by atoms with Gasteiger partial charge in [0.1, 0.15) is 22.0 Å². The number of rotatable bonds is 8. The first-order valence-corrected chi connectivity index (χ1v) is 10.7. The number of hydrogen-bond acceptors (Lipinski definition) is 11. The van der Waals surface area contributed by atoms with Gasteiger partial charge < -0.3 is 20.4 Å². The summed E-state index contributed by atoms with van der Waals surface area (Å²) in [6.45, 7) is 1.68. The SMILES string of the molecule is Cc1cc(Nc2ccccc2SOO[O-])nc(Nc2ccccc2S(=O)(=O)[O-])c1C#N.[Li+].[Li+]. The van der Waals surface area contributed by atoms with Gasteiger partial charge in [0.2, 0.25) is 0 Å². The minimum atomic E-state index is -4.75. The number of benzene rings is 2. The first kappa shape index (κ1) is 29.0. The summed E-state index contributed by atoms with van der Waals surface area (Å²) in [5.41, 5.74) is 1.26. The van der Waals surface area contributed by atoms with Crippen molar-refractivity contribution in [1.82, 2.24) is 4.98 Å². The van der Waals surface area contributed by atoms with Crippen molar-refractivity contribution >= 4 is 45.2 Å². The van der Waals surface area contributed by atoms with Crippen LogP contribution in [0.4, 0.5) is 23.0 Å². The van der Waals surface area contributed by atoms with Gasteiger partial charge in [-0.3, -0.25) is 5.04 Å². The van der Waals surface area contributed by atoms with Gasteiger partial charge in [-0.1, -0.05) is 24.3 Å². The number of anilines is 4. The molecule has 0 atom stereocenters. The van der Waals surface area contributed by atoms with Crippen LogP contribution in [0.2, 0.25) is 0 Å². The van der Waals surface area contributed by atoms with Crippen LogP contribution in [0.3, 0.4) is 0 Å². The third-order valence-corrected chi connectivity index (χ3v) is 5.59. The Labute approximate surface area is 218 Å². The van der Waals surface area contributed by atoms with Gasteiger partial charge in [0, 0.05) is 0 Å². The van der Waals surface area contributed by atoms with E-state index in [1.807, 2.05) is 6.07 Å². The van der Waals surface area contributed by atoms with E-state index in [0.29, 0.717) is 34.0 Å². The van der Waals surface area contributed by atoms with Crippen molar-refractivity contribution in [3.8, 4) is 6.07 Å². The molecule has 2 N–H and O–H groups in total. The van der Waals surface area contributed by atoms with Gasteiger partial charge in [0.05, 0.1) is 38.8 Å². The molecule has 0 saturated carbocycles. The molecule has 0 bridgehead atoms. The van der Waals surface area contributed by atoms with Crippen molar-refractivity contribution < 1.29 is 65.3 Å². The number of nitriles is 1. The largest absolute Gasteiger partial charge is 1.00 e. The third-order valence-electron chi connectivity index (χ3n) is 4.04. The maximum Gasteiger partial charge on any atom is 1.00 e. The van der Waals surface area contributed by atoms with E-state index in [4.69, 9.17) is 0 Å². The predicted molar refractivity (Wildman–Crippen MR) is 109 cm³/mol. The fourth-order valence-corrected chi connectivity index (χ4v) is 3.79. The number of aryl methyl sites for hydroxylation is 1. The summed E-state index contributed by atoms with van der Waals surface area (Å²) in [6.07, 6.45) is 0. The molecule has 160 valence electrons. The smallest absolute Gasteiger partial charge is 0.744 e. The molecule has 0 aliphatic carbocycles. The minimum Gasteiger partial charge on any atom is -0.744 e. The van der Waals surface area contributed by atoms with Crippen LogP contribution < -0.4 is 53.6 Å². The normalized spacial score (nSPS) is 10.4. The molecular weight excluding hydrogens is 458 g/mol. The van der Waals surface area contributed by atoms with E-state index in [0.717, 1.165) is 6.07 Å². The van der Waals surface area contributed by atoms with Crippen LogP contribution in [-0.4, -0.2) is 18.0 Å². The number of aromatic nitrogens is 1. The Balaban J connectivity index is 0.00000272. The number of nitrogens with zero attached hydrogens (tertiary/aromatic N) is 2. The molecule has 0 radical (unpaired) electrons. The van der Waals surface area contributed by atoms with E-state index in [-0.39, 0.29) is 54.8 Å². The maximum absolute atomic E-state index is 11.6. The zero-order valence-electron chi connectivity index (χ0n) is 17.9. The van der Waals surface area contributed by atoms with Crippen LogP contribution >= 0.6 is 12.0 Å². The van der Waals surface area contributed by atoms with Gasteiger partial charge in [-0.05, 0) is 42.8 Å². The quantitative estimate of drug-likeness (QED) is 0.112. The zero-order chi connectivity index (χ0) is 22.4. The molecule has 1 aromatic heterocycles. The zero-order valence-corrected chi connectivity index (χ0v) is 19.5. The predicted octanol–water partition coefficient (Wildman–Crippen LogP) is -3.11. The summed E-state index contributed by atoms with van der Waals surface area (Å²) in [5, 5.41) is 28.8. The summed E-state index contributed by atoms with van der Waals surface area (Å²) in [7, 11) is -4.75. The van der Waals surface area contributed by atoms with Crippen LogP contribution in [0, 0.1) is 18.3 Å². The Morgan fingerprint density at radius 2 is 1.70 bits per heavy atom. The second-order valence-electron chi connectivity index (χ2n) is 6.08. The van der Waals surface area contributed by atoms with Crippen LogP contribution in [0.5, 0.6) is 0 Å². The standard InChI is InChI=1S/C19H16N4O6S2.2Li/c1-12-10-18(21-14-6-2-4-8-16(14)30-29-28-24)23-19(13(12)11-20)22-15-7-3-5-9-17(15)31(25,26)27;;/h2-10,24H,1H3,(H2,21,22,23)(H,25,26,27);;/q;2*+1/p-2. The summed E-state index contributed by atoms with van der Waals surface area (Å²) in [5.74, 6) is 0.378. The Morgan fingerprint density at radius 3 is 2.33 bits per heavy atom. The molecule has 10 nitrogen and oxygen atoms in total. The first-order chi connectivity index (χ1) is 14.8. The van der Waals surface area contributed by atoms with Crippen molar-refractivity contribution in [3.05, 3.63) is 65.7 Å². The Bertz CT molecular complexity index is 1260. The molecule has 0 saturated heterocycles. The molecule has 3 rings (SSSR count). The van der Waals surface area contributed by atoms with Gasteiger partial charge >= 0.3 is 37.7 Å². The monoisotopic (exact) mass is 472 g/mol.